The van der Waals surface area contributed by atoms with Crippen molar-refractivity contribution in [2.75, 3.05) is 12.3 Å². The summed E-state index contributed by atoms with van der Waals surface area (Å²) in [7, 11) is 0. The molecule has 0 spiro atoms. The van der Waals surface area contributed by atoms with Gasteiger partial charge in [0.05, 0.1) is 12.3 Å². The van der Waals surface area contributed by atoms with Crippen LogP contribution in [0.15, 0.2) is 28.8 Å². The van der Waals surface area contributed by atoms with Crippen LogP contribution in [0, 0.1) is 13.8 Å². The van der Waals surface area contributed by atoms with Gasteiger partial charge in [-0.05, 0) is 25.5 Å². The van der Waals surface area contributed by atoms with Gasteiger partial charge >= 0.3 is 0 Å². The van der Waals surface area contributed by atoms with E-state index in [9.17, 15) is 0 Å². The molecule has 2 rings (SSSR count). The Morgan fingerprint density at radius 1 is 1.29 bits per heavy atom. The van der Waals surface area contributed by atoms with Crippen LogP contribution >= 0.6 is 0 Å². The van der Waals surface area contributed by atoms with Crippen molar-refractivity contribution in [2.45, 2.75) is 20.3 Å². The minimum atomic E-state index is 0.339. The number of aryl methyl sites for hydroxylation is 2. The summed E-state index contributed by atoms with van der Waals surface area (Å²) in [4.78, 5) is 0. The molecule has 0 aliphatic heterocycles. The lowest BCUT2D eigenvalue weighted by Crippen LogP contribution is -2.02. The predicted molar refractivity (Wildman–Crippen MR) is 66.0 cm³/mol. The smallest absolute Gasteiger partial charge is 0.222 e. The Morgan fingerprint density at radius 2 is 2.12 bits per heavy atom. The Bertz CT molecular complexity index is 506. The highest BCUT2D eigenvalue weighted by atomic mass is 16.5. The highest BCUT2D eigenvalue weighted by molar-refractivity contribution is 5.35. The minimum absolute atomic E-state index is 0.339. The van der Waals surface area contributed by atoms with Crippen LogP contribution in [0.5, 0.6) is 5.75 Å². The van der Waals surface area contributed by atoms with Gasteiger partial charge in [-0.1, -0.05) is 22.9 Å². The third-order valence-corrected chi connectivity index (χ3v) is 2.52. The first kappa shape index (κ1) is 11.5. The van der Waals surface area contributed by atoms with E-state index in [1.165, 1.54) is 5.56 Å². The summed E-state index contributed by atoms with van der Waals surface area (Å²) in [5, 5.41) is 3.80. The molecular formula is C13H16N2O2. The van der Waals surface area contributed by atoms with Crippen molar-refractivity contribution in [2.24, 2.45) is 0 Å². The van der Waals surface area contributed by atoms with E-state index < -0.39 is 0 Å². The summed E-state index contributed by atoms with van der Waals surface area (Å²) < 4.78 is 10.5. The summed E-state index contributed by atoms with van der Waals surface area (Å²) in [5.74, 6) is 1.25. The van der Waals surface area contributed by atoms with E-state index in [1.807, 2.05) is 19.1 Å². The highest BCUT2D eigenvalue weighted by Crippen LogP contribution is 2.18. The predicted octanol–water partition coefficient (Wildman–Crippen LogP) is 2.50. The van der Waals surface area contributed by atoms with Crippen LogP contribution in [0.25, 0.3) is 0 Å². The van der Waals surface area contributed by atoms with Crippen LogP contribution < -0.4 is 10.5 Å². The zero-order chi connectivity index (χ0) is 12.3. The van der Waals surface area contributed by atoms with Crippen LogP contribution in [-0.2, 0) is 6.42 Å². The Kier molecular flexibility index (Phi) is 3.32. The van der Waals surface area contributed by atoms with Gasteiger partial charge in [-0.25, -0.2) is 0 Å². The molecule has 1 aromatic carbocycles. The van der Waals surface area contributed by atoms with Gasteiger partial charge in [0.15, 0.2) is 0 Å². The standard InChI is InChI=1S/C13H16N2O2/c1-9-3-4-12(10(2)7-9)16-6-5-11-8-13(14)17-15-11/h3-4,7-8H,5-6,14H2,1-2H3. The minimum Gasteiger partial charge on any atom is -0.493 e. The number of hydrogen-bond donors (Lipinski definition) is 1. The maximum Gasteiger partial charge on any atom is 0.222 e. The van der Waals surface area contributed by atoms with Gasteiger partial charge < -0.3 is 15.0 Å². The third-order valence-electron chi connectivity index (χ3n) is 2.52. The molecule has 0 unspecified atom stereocenters. The molecule has 0 aliphatic rings. The van der Waals surface area contributed by atoms with Crippen molar-refractivity contribution < 1.29 is 9.26 Å². The molecule has 0 aliphatic carbocycles. The van der Waals surface area contributed by atoms with Crippen molar-refractivity contribution in [1.29, 1.82) is 0 Å². The molecule has 0 radical (unpaired) electrons. The van der Waals surface area contributed by atoms with E-state index in [0.717, 1.165) is 17.0 Å². The fourth-order valence-corrected chi connectivity index (χ4v) is 1.67. The van der Waals surface area contributed by atoms with Crippen LogP contribution in [0.3, 0.4) is 0 Å². The summed E-state index contributed by atoms with van der Waals surface area (Å²) in [6.07, 6.45) is 0.689. The van der Waals surface area contributed by atoms with E-state index in [4.69, 9.17) is 15.0 Å². The molecule has 4 heteroatoms. The molecule has 4 nitrogen and oxygen atoms in total. The van der Waals surface area contributed by atoms with E-state index >= 15 is 0 Å². The first-order valence-electron chi connectivity index (χ1n) is 5.56. The lowest BCUT2D eigenvalue weighted by atomic mass is 10.1. The Hall–Kier alpha value is -1.97. The van der Waals surface area contributed by atoms with Crippen LogP contribution in [0.1, 0.15) is 16.8 Å². The zero-order valence-corrected chi connectivity index (χ0v) is 10.1. The molecule has 2 aromatic rings. The second kappa shape index (κ2) is 4.91. The number of aromatic nitrogens is 1. The van der Waals surface area contributed by atoms with E-state index in [-0.39, 0.29) is 0 Å². The average molecular weight is 232 g/mol. The summed E-state index contributed by atoms with van der Waals surface area (Å²) in [6, 6.07) is 7.84. The average Bonchev–Trinajstić information content (AvgIpc) is 2.68. The van der Waals surface area contributed by atoms with E-state index in [2.05, 4.69) is 18.1 Å². The normalized spacial score (nSPS) is 10.5. The molecule has 17 heavy (non-hydrogen) atoms. The van der Waals surface area contributed by atoms with E-state index in [1.54, 1.807) is 6.07 Å². The highest BCUT2D eigenvalue weighted by Gasteiger charge is 2.03. The zero-order valence-electron chi connectivity index (χ0n) is 10.1. The number of anilines is 1. The quantitative estimate of drug-likeness (QED) is 0.879. The molecule has 0 bridgehead atoms. The number of benzene rings is 1. The van der Waals surface area contributed by atoms with Gasteiger partial charge in [0.1, 0.15) is 5.75 Å². The molecule has 90 valence electrons. The second-order valence-electron chi connectivity index (χ2n) is 4.09. The van der Waals surface area contributed by atoms with Crippen molar-refractivity contribution in [3.63, 3.8) is 0 Å². The molecule has 0 fully saturated rings. The molecule has 0 amide bonds. The van der Waals surface area contributed by atoms with Gasteiger partial charge in [0.2, 0.25) is 5.88 Å². The molecule has 0 atom stereocenters. The third kappa shape index (κ3) is 3.00. The van der Waals surface area contributed by atoms with Crippen LogP contribution in [0.4, 0.5) is 5.88 Å². The Balaban J connectivity index is 1.90. The number of rotatable bonds is 4. The molecule has 0 saturated carbocycles. The molecule has 0 saturated heterocycles. The number of hydrogen-bond acceptors (Lipinski definition) is 4. The molecular weight excluding hydrogens is 216 g/mol. The fourth-order valence-electron chi connectivity index (χ4n) is 1.67. The lowest BCUT2D eigenvalue weighted by Gasteiger charge is -2.08. The number of nitrogens with two attached hydrogens (primary N) is 1. The van der Waals surface area contributed by atoms with Crippen LogP contribution in [-0.4, -0.2) is 11.8 Å². The van der Waals surface area contributed by atoms with Crippen molar-refractivity contribution in [1.82, 2.24) is 5.16 Å². The number of nitrogens with zero attached hydrogens (tertiary/aromatic N) is 1. The number of nitrogen functional groups attached to an aromatic ring is 1. The lowest BCUT2D eigenvalue weighted by molar-refractivity contribution is 0.314. The first-order chi connectivity index (χ1) is 8.15. The fraction of sp³-hybridized carbons (Fsp3) is 0.308. The Morgan fingerprint density at radius 3 is 2.76 bits per heavy atom. The number of ether oxygens (including phenoxy) is 1. The molecule has 1 heterocycles. The maximum absolute atomic E-state index is 5.68. The molecule has 2 N–H and O–H groups in total. The Labute approximate surface area is 100 Å². The van der Waals surface area contributed by atoms with Crippen LogP contribution in [0.2, 0.25) is 0 Å². The van der Waals surface area contributed by atoms with Crippen molar-refractivity contribution >= 4 is 5.88 Å². The van der Waals surface area contributed by atoms with Gasteiger partial charge in [-0.15, -0.1) is 0 Å². The largest absolute Gasteiger partial charge is 0.493 e. The maximum atomic E-state index is 5.68. The van der Waals surface area contributed by atoms with Gasteiger partial charge in [-0.3, -0.25) is 0 Å². The van der Waals surface area contributed by atoms with E-state index in [0.29, 0.717) is 18.9 Å². The van der Waals surface area contributed by atoms with Gasteiger partial charge in [-0.2, -0.15) is 0 Å². The molecule has 1 aromatic heterocycles. The SMILES string of the molecule is Cc1ccc(OCCc2cc(N)on2)c(C)c1. The van der Waals surface area contributed by atoms with Gasteiger partial charge in [0, 0.05) is 12.5 Å². The first-order valence-corrected chi connectivity index (χ1v) is 5.56. The second-order valence-corrected chi connectivity index (χ2v) is 4.09. The van der Waals surface area contributed by atoms with Crippen molar-refractivity contribution in [3.8, 4) is 5.75 Å². The van der Waals surface area contributed by atoms with Crippen molar-refractivity contribution in [3.05, 3.63) is 41.1 Å². The topological polar surface area (TPSA) is 61.3 Å². The summed E-state index contributed by atoms with van der Waals surface area (Å²) in [5.41, 5.74) is 8.62. The monoisotopic (exact) mass is 232 g/mol. The van der Waals surface area contributed by atoms with Gasteiger partial charge in [0.25, 0.3) is 0 Å². The summed E-state index contributed by atoms with van der Waals surface area (Å²) in [6.45, 7) is 4.67. The summed E-state index contributed by atoms with van der Waals surface area (Å²) >= 11 is 0.